The van der Waals surface area contributed by atoms with Gasteiger partial charge in [-0.05, 0) is 70.4 Å². The number of nitrogens with zero attached hydrogens (tertiary/aromatic N) is 2. The highest BCUT2D eigenvalue weighted by Gasteiger charge is 2.10. The Morgan fingerprint density at radius 2 is 1.96 bits per heavy atom. The molecule has 0 radical (unpaired) electrons. The normalized spacial score (nSPS) is 11.6. The molecule has 2 aromatic rings. The number of halogens is 1. The monoisotopic (exact) mass is 405 g/mol. The van der Waals surface area contributed by atoms with Crippen LogP contribution in [0.1, 0.15) is 25.0 Å². The van der Waals surface area contributed by atoms with Crippen LogP contribution < -0.4 is 10.6 Å². The molecular formula is C19H24BrN3S. The molecule has 0 unspecified atom stereocenters. The summed E-state index contributed by atoms with van der Waals surface area (Å²) in [7, 11) is 1.95. The topological polar surface area (TPSA) is 41.6 Å². The fourth-order valence-corrected chi connectivity index (χ4v) is 3.50. The Labute approximate surface area is 157 Å². The number of aryl methyl sites for hydroxylation is 2. The molecule has 0 aliphatic rings. The second-order valence-electron chi connectivity index (χ2n) is 5.53. The standard InChI is InChI=1S/C19H24BrN3S/c1-5-13-8-7-9-15(10-13)23(3)19(21)22-17-12-16(24-4)11-14(6-2)18(17)20/h7-12H,5-6H2,1-4H3,(H2,21,22). The van der Waals surface area contributed by atoms with Crippen LogP contribution in [0.4, 0.5) is 11.4 Å². The summed E-state index contributed by atoms with van der Waals surface area (Å²) >= 11 is 5.38. The number of rotatable bonds is 5. The molecule has 2 aromatic carbocycles. The van der Waals surface area contributed by atoms with Crippen molar-refractivity contribution in [3.63, 3.8) is 0 Å². The van der Waals surface area contributed by atoms with Gasteiger partial charge in [0.25, 0.3) is 0 Å². The van der Waals surface area contributed by atoms with E-state index >= 15 is 0 Å². The highest BCUT2D eigenvalue weighted by Crippen LogP contribution is 2.34. The lowest BCUT2D eigenvalue weighted by molar-refractivity contribution is 1.10. The molecule has 24 heavy (non-hydrogen) atoms. The second-order valence-corrected chi connectivity index (χ2v) is 7.20. The van der Waals surface area contributed by atoms with Gasteiger partial charge >= 0.3 is 0 Å². The number of benzene rings is 2. The van der Waals surface area contributed by atoms with Crippen molar-refractivity contribution in [3.8, 4) is 0 Å². The Bertz CT molecular complexity index is 743. The zero-order valence-corrected chi connectivity index (χ0v) is 17.0. The van der Waals surface area contributed by atoms with Gasteiger partial charge in [-0.3, -0.25) is 0 Å². The number of guanidine groups is 1. The van der Waals surface area contributed by atoms with Gasteiger partial charge in [-0.15, -0.1) is 11.8 Å². The van der Waals surface area contributed by atoms with Gasteiger partial charge in [0, 0.05) is 22.1 Å². The van der Waals surface area contributed by atoms with Crippen molar-refractivity contribution >= 4 is 45.0 Å². The minimum Gasteiger partial charge on any atom is -0.369 e. The first-order chi connectivity index (χ1) is 11.5. The first-order valence-electron chi connectivity index (χ1n) is 8.03. The number of thioether (sulfide) groups is 1. The summed E-state index contributed by atoms with van der Waals surface area (Å²) in [4.78, 5) is 7.78. The van der Waals surface area contributed by atoms with E-state index in [1.54, 1.807) is 11.8 Å². The maximum Gasteiger partial charge on any atom is 0.200 e. The quantitative estimate of drug-likeness (QED) is 0.412. The van der Waals surface area contributed by atoms with Crippen molar-refractivity contribution < 1.29 is 0 Å². The molecule has 0 spiro atoms. The van der Waals surface area contributed by atoms with E-state index in [-0.39, 0.29) is 0 Å². The van der Waals surface area contributed by atoms with Crippen molar-refractivity contribution in [3.05, 3.63) is 52.0 Å². The van der Waals surface area contributed by atoms with Crippen LogP contribution in [-0.2, 0) is 12.8 Å². The molecule has 5 heteroatoms. The summed E-state index contributed by atoms with van der Waals surface area (Å²) in [5, 5.41) is 0. The third-order valence-electron chi connectivity index (χ3n) is 4.00. The maximum atomic E-state index is 6.27. The lowest BCUT2D eigenvalue weighted by Gasteiger charge is -2.19. The van der Waals surface area contributed by atoms with Gasteiger partial charge in [0.15, 0.2) is 0 Å². The van der Waals surface area contributed by atoms with E-state index in [4.69, 9.17) is 5.73 Å². The van der Waals surface area contributed by atoms with Crippen LogP contribution in [0.5, 0.6) is 0 Å². The van der Waals surface area contributed by atoms with Crippen LogP contribution in [-0.4, -0.2) is 19.3 Å². The minimum atomic E-state index is 0.476. The fraction of sp³-hybridized carbons (Fsp3) is 0.316. The Morgan fingerprint density at radius 1 is 1.21 bits per heavy atom. The van der Waals surface area contributed by atoms with Crippen molar-refractivity contribution in [1.82, 2.24) is 0 Å². The molecule has 0 saturated heterocycles. The van der Waals surface area contributed by atoms with E-state index in [0.29, 0.717) is 5.96 Å². The Balaban J connectivity index is 2.39. The third-order valence-corrected chi connectivity index (χ3v) is 5.63. The fourth-order valence-electron chi connectivity index (χ4n) is 2.41. The molecule has 0 aliphatic heterocycles. The lowest BCUT2D eigenvalue weighted by Crippen LogP contribution is -2.33. The zero-order chi connectivity index (χ0) is 17.7. The van der Waals surface area contributed by atoms with Crippen LogP contribution in [0.2, 0.25) is 0 Å². The molecular weight excluding hydrogens is 382 g/mol. The van der Waals surface area contributed by atoms with Gasteiger partial charge in [0.1, 0.15) is 0 Å². The maximum absolute atomic E-state index is 6.27. The van der Waals surface area contributed by atoms with Crippen LogP contribution >= 0.6 is 27.7 Å². The SMILES string of the molecule is CCc1cccc(N(C)C(N)=Nc2cc(SC)cc(CC)c2Br)c1. The van der Waals surface area contributed by atoms with Crippen molar-refractivity contribution in [1.29, 1.82) is 0 Å². The molecule has 0 heterocycles. The number of hydrogen-bond donors (Lipinski definition) is 1. The van der Waals surface area contributed by atoms with E-state index in [1.165, 1.54) is 16.0 Å². The molecule has 0 aromatic heterocycles. The van der Waals surface area contributed by atoms with Gasteiger partial charge in [-0.1, -0.05) is 26.0 Å². The van der Waals surface area contributed by atoms with E-state index in [1.807, 2.05) is 18.0 Å². The van der Waals surface area contributed by atoms with Crippen LogP contribution in [0.3, 0.4) is 0 Å². The van der Waals surface area contributed by atoms with Crippen molar-refractivity contribution in [2.24, 2.45) is 10.7 Å². The first-order valence-corrected chi connectivity index (χ1v) is 10.0. The number of aliphatic imine (C=N–C) groups is 1. The van der Waals surface area contributed by atoms with Gasteiger partial charge in [0.2, 0.25) is 5.96 Å². The van der Waals surface area contributed by atoms with Gasteiger partial charge in [-0.2, -0.15) is 0 Å². The van der Waals surface area contributed by atoms with E-state index in [2.05, 4.69) is 71.4 Å². The predicted molar refractivity (Wildman–Crippen MR) is 111 cm³/mol. The van der Waals surface area contributed by atoms with Gasteiger partial charge in [0.05, 0.1) is 5.69 Å². The number of nitrogens with two attached hydrogens (primary N) is 1. The summed E-state index contributed by atoms with van der Waals surface area (Å²) in [6, 6.07) is 12.6. The number of hydrogen-bond acceptors (Lipinski definition) is 2. The predicted octanol–water partition coefficient (Wildman–Crippen LogP) is 5.38. The Morgan fingerprint density at radius 3 is 2.58 bits per heavy atom. The van der Waals surface area contributed by atoms with Gasteiger partial charge < -0.3 is 10.6 Å². The van der Waals surface area contributed by atoms with E-state index in [0.717, 1.165) is 28.7 Å². The first kappa shape index (κ1) is 18.9. The molecule has 0 aliphatic carbocycles. The molecule has 0 atom stereocenters. The van der Waals surface area contributed by atoms with E-state index < -0.39 is 0 Å². The van der Waals surface area contributed by atoms with E-state index in [9.17, 15) is 0 Å². The molecule has 0 amide bonds. The summed E-state index contributed by atoms with van der Waals surface area (Å²) in [6.07, 6.45) is 4.02. The molecule has 0 bridgehead atoms. The van der Waals surface area contributed by atoms with Gasteiger partial charge in [-0.25, -0.2) is 4.99 Å². The molecule has 0 saturated carbocycles. The highest BCUT2D eigenvalue weighted by molar-refractivity contribution is 9.10. The molecule has 2 N–H and O–H groups in total. The Kier molecular flexibility index (Phi) is 6.75. The van der Waals surface area contributed by atoms with Crippen molar-refractivity contribution in [2.75, 3.05) is 18.2 Å². The smallest absolute Gasteiger partial charge is 0.200 e. The van der Waals surface area contributed by atoms with Crippen LogP contribution in [0.25, 0.3) is 0 Å². The summed E-state index contributed by atoms with van der Waals surface area (Å²) in [6.45, 7) is 4.29. The van der Waals surface area contributed by atoms with Crippen LogP contribution in [0, 0.1) is 0 Å². The third kappa shape index (κ3) is 4.33. The molecule has 0 fully saturated rings. The summed E-state index contributed by atoms with van der Waals surface area (Å²) in [5.41, 5.74) is 10.7. The minimum absolute atomic E-state index is 0.476. The average molecular weight is 406 g/mol. The summed E-state index contributed by atoms with van der Waals surface area (Å²) in [5.74, 6) is 0.476. The largest absolute Gasteiger partial charge is 0.369 e. The molecule has 128 valence electrons. The average Bonchev–Trinajstić information content (AvgIpc) is 2.62. The van der Waals surface area contributed by atoms with Crippen LogP contribution in [0.15, 0.2) is 50.8 Å². The molecule has 3 nitrogen and oxygen atoms in total. The van der Waals surface area contributed by atoms with Crippen molar-refractivity contribution in [2.45, 2.75) is 31.6 Å². The Hall–Kier alpha value is -1.46. The lowest BCUT2D eigenvalue weighted by atomic mass is 10.1. The summed E-state index contributed by atoms with van der Waals surface area (Å²) < 4.78 is 1.02. The molecule has 2 rings (SSSR count). The highest BCUT2D eigenvalue weighted by atomic mass is 79.9. The second kappa shape index (κ2) is 8.58. The number of anilines is 1. The zero-order valence-electron chi connectivity index (χ0n) is 14.6.